The molecule has 2 rings (SSSR count). The number of anilines is 1. The topological polar surface area (TPSA) is 84.7 Å². The van der Waals surface area contributed by atoms with Gasteiger partial charge in [-0.15, -0.1) is 0 Å². The number of piperidine rings is 1. The summed E-state index contributed by atoms with van der Waals surface area (Å²) in [4.78, 5) is 25.8. The van der Waals surface area contributed by atoms with Crippen molar-refractivity contribution in [2.45, 2.75) is 64.6 Å². The molecule has 1 aromatic rings. The average molecular weight is 333 g/mol. The third kappa shape index (κ3) is 4.06. The van der Waals surface area contributed by atoms with E-state index in [0.717, 1.165) is 12.8 Å². The van der Waals surface area contributed by atoms with Crippen LogP contribution in [0.2, 0.25) is 0 Å². The summed E-state index contributed by atoms with van der Waals surface area (Å²) in [7, 11) is 0. The summed E-state index contributed by atoms with van der Waals surface area (Å²) in [6.45, 7) is 9.46. The molecule has 1 aliphatic rings. The Balaban J connectivity index is 2.20. The lowest BCUT2D eigenvalue weighted by Gasteiger charge is -2.54. The second-order valence-corrected chi connectivity index (χ2v) is 7.68. The van der Waals surface area contributed by atoms with E-state index in [1.165, 1.54) is 6.92 Å². The van der Waals surface area contributed by atoms with Gasteiger partial charge in [0.2, 0.25) is 0 Å². The van der Waals surface area contributed by atoms with Crippen LogP contribution in [0.3, 0.4) is 0 Å². The molecule has 0 saturated carbocycles. The van der Waals surface area contributed by atoms with Gasteiger partial charge in [-0.3, -0.25) is 4.79 Å². The third-order valence-electron chi connectivity index (χ3n) is 4.28. The molecule has 2 amide bonds. The first-order chi connectivity index (χ1) is 11.0. The fourth-order valence-electron chi connectivity index (χ4n) is 3.89. The molecule has 0 atom stereocenters. The van der Waals surface area contributed by atoms with Gasteiger partial charge in [0.05, 0.1) is 0 Å². The van der Waals surface area contributed by atoms with Crippen LogP contribution >= 0.6 is 0 Å². The van der Waals surface area contributed by atoms with Crippen LogP contribution in [0.1, 0.15) is 47.5 Å². The lowest BCUT2D eigenvalue weighted by atomic mass is 9.77. The van der Waals surface area contributed by atoms with Gasteiger partial charge in [-0.2, -0.15) is 0 Å². The molecule has 1 saturated heterocycles. The largest absolute Gasteiger partial charge is 0.427 e. The maximum absolute atomic E-state index is 12.9. The Bertz CT molecular complexity index is 622. The quantitative estimate of drug-likeness (QED) is 0.643. The molecule has 1 aliphatic heterocycles. The van der Waals surface area contributed by atoms with Gasteiger partial charge < -0.3 is 20.7 Å². The lowest BCUT2D eigenvalue weighted by molar-refractivity contribution is -0.131. The molecule has 6 heteroatoms. The van der Waals surface area contributed by atoms with E-state index in [-0.39, 0.29) is 23.2 Å². The van der Waals surface area contributed by atoms with Crippen LogP contribution in [0, 0.1) is 0 Å². The highest BCUT2D eigenvalue weighted by atomic mass is 16.5. The molecule has 6 nitrogen and oxygen atoms in total. The monoisotopic (exact) mass is 333 g/mol. The lowest BCUT2D eigenvalue weighted by Crippen LogP contribution is -2.66. The van der Waals surface area contributed by atoms with Gasteiger partial charge in [0.1, 0.15) is 5.75 Å². The van der Waals surface area contributed by atoms with Crippen LogP contribution in [0.5, 0.6) is 5.75 Å². The van der Waals surface area contributed by atoms with Crippen molar-refractivity contribution >= 4 is 17.7 Å². The zero-order chi connectivity index (χ0) is 18.1. The van der Waals surface area contributed by atoms with Crippen molar-refractivity contribution < 1.29 is 14.3 Å². The van der Waals surface area contributed by atoms with E-state index >= 15 is 0 Å². The van der Waals surface area contributed by atoms with Crippen molar-refractivity contribution in [1.82, 2.24) is 4.90 Å². The SMILES string of the molecule is CC(=O)Oc1cccc(NC(=O)N2C(C)(C)CC(N)CC2(C)C)c1. The smallest absolute Gasteiger partial charge is 0.322 e. The molecular formula is C18H27N3O3. The molecule has 0 bridgehead atoms. The van der Waals surface area contributed by atoms with Crippen molar-refractivity contribution in [2.75, 3.05) is 5.32 Å². The van der Waals surface area contributed by atoms with Crippen molar-refractivity contribution in [3.05, 3.63) is 24.3 Å². The predicted molar refractivity (Wildman–Crippen MR) is 94.0 cm³/mol. The van der Waals surface area contributed by atoms with Crippen molar-refractivity contribution in [3.8, 4) is 5.75 Å². The van der Waals surface area contributed by atoms with Gasteiger partial charge in [0.25, 0.3) is 0 Å². The second kappa shape index (κ2) is 6.43. The number of likely N-dealkylation sites (tertiary alicyclic amines) is 1. The maximum Gasteiger partial charge on any atom is 0.322 e. The van der Waals surface area contributed by atoms with E-state index in [4.69, 9.17) is 10.5 Å². The second-order valence-electron chi connectivity index (χ2n) is 7.68. The molecule has 0 spiro atoms. The molecule has 0 aromatic heterocycles. The van der Waals surface area contributed by atoms with Crippen LogP contribution in [-0.4, -0.2) is 34.0 Å². The average Bonchev–Trinajstić information content (AvgIpc) is 2.33. The molecule has 1 heterocycles. The number of urea groups is 1. The summed E-state index contributed by atoms with van der Waals surface area (Å²) in [5.41, 5.74) is 6.05. The normalized spacial score (nSPS) is 19.7. The van der Waals surface area contributed by atoms with Crippen molar-refractivity contribution in [1.29, 1.82) is 0 Å². The maximum atomic E-state index is 12.9. The molecular weight excluding hydrogens is 306 g/mol. The van der Waals surface area contributed by atoms with E-state index in [1.807, 2.05) is 32.6 Å². The standard InChI is InChI=1S/C18H27N3O3/c1-12(22)24-15-8-6-7-14(9-15)20-16(23)21-17(2,3)10-13(19)11-18(21,4)5/h6-9,13H,10-11,19H2,1-5H3,(H,20,23). The Morgan fingerprint density at radius 1 is 1.21 bits per heavy atom. The van der Waals surface area contributed by atoms with Crippen molar-refractivity contribution in [3.63, 3.8) is 0 Å². The highest BCUT2D eigenvalue weighted by Crippen LogP contribution is 2.38. The van der Waals surface area contributed by atoms with Crippen molar-refractivity contribution in [2.24, 2.45) is 5.73 Å². The van der Waals surface area contributed by atoms with Gasteiger partial charge in [-0.05, 0) is 52.7 Å². The van der Waals surface area contributed by atoms with E-state index in [2.05, 4.69) is 5.32 Å². The fourth-order valence-corrected chi connectivity index (χ4v) is 3.89. The van der Waals surface area contributed by atoms with Gasteiger partial charge in [-0.25, -0.2) is 4.79 Å². The zero-order valence-electron chi connectivity index (χ0n) is 15.1. The first-order valence-corrected chi connectivity index (χ1v) is 8.17. The summed E-state index contributed by atoms with van der Waals surface area (Å²) < 4.78 is 5.06. The third-order valence-corrected chi connectivity index (χ3v) is 4.28. The Hall–Kier alpha value is -2.08. The summed E-state index contributed by atoms with van der Waals surface area (Å²) in [6, 6.07) is 6.69. The number of hydrogen-bond acceptors (Lipinski definition) is 4. The zero-order valence-corrected chi connectivity index (χ0v) is 15.1. The minimum Gasteiger partial charge on any atom is -0.427 e. The Kier molecular flexibility index (Phi) is 4.90. The summed E-state index contributed by atoms with van der Waals surface area (Å²) in [5.74, 6) is 0.00486. The molecule has 24 heavy (non-hydrogen) atoms. The number of nitrogens with one attached hydrogen (secondary N) is 1. The predicted octanol–water partition coefficient (Wildman–Crippen LogP) is 3.12. The Morgan fingerprint density at radius 2 is 1.79 bits per heavy atom. The highest BCUT2D eigenvalue weighted by molar-refractivity contribution is 5.90. The van der Waals surface area contributed by atoms with Crippen LogP contribution in [-0.2, 0) is 4.79 Å². The van der Waals surface area contributed by atoms with Gasteiger partial charge in [0, 0.05) is 35.8 Å². The van der Waals surface area contributed by atoms with Crippen LogP contribution in [0.15, 0.2) is 24.3 Å². The molecule has 3 N–H and O–H groups in total. The number of hydrogen-bond donors (Lipinski definition) is 2. The van der Waals surface area contributed by atoms with Crippen LogP contribution in [0.25, 0.3) is 0 Å². The van der Waals surface area contributed by atoms with Gasteiger partial charge in [0.15, 0.2) is 0 Å². The number of nitrogens with two attached hydrogens (primary N) is 1. The molecule has 0 unspecified atom stereocenters. The number of carbonyl (C=O) groups excluding carboxylic acids is 2. The van der Waals surface area contributed by atoms with E-state index in [1.54, 1.807) is 24.3 Å². The number of ether oxygens (including phenoxy) is 1. The Morgan fingerprint density at radius 3 is 2.33 bits per heavy atom. The minimum absolute atomic E-state index is 0.0753. The van der Waals surface area contributed by atoms with Crippen LogP contribution < -0.4 is 15.8 Å². The van der Waals surface area contributed by atoms with Crippen LogP contribution in [0.4, 0.5) is 10.5 Å². The van der Waals surface area contributed by atoms with E-state index in [0.29, 0.717) is 11.4 Å². The summed E-state index contributed by atoms with van der Waals surface area (Å²) in [6.07, 6.45) is 1.49. The number of esters is 1. The molecule has 132 valence electrons. The molecule has 0 radical (unpaired) electrons. The number of carbonyl (C=O) groups is 2. The highest BCUT2D eigenvalue weighted by Gasteiger charge is 2.46. The number of amides is 2. The Labute approximate surface area is 143 Å². The molecule has 1 fully saturated rings. The first kappa shape index (κ1) is 18.3. The summed E-state index contributed by atoms with van der Waals surface area (Å²) in [5, 5.41) is 2.91. The summed E-state index contributed by atoms with van der Waals surface area (Å²) >= 11 is 0. The number of nitrogens with zero attached hydrogens (tertiary/aromatic N) is 1. The fraction of sp³-hybridized carbons (Fsp3) is 0.556. The van der Waals surface area contributed by atoms with E-state index in [9.17, 15) is 9.59 Å². The van der Waals surface area contributed by atoms with Gasteiger partial charge >= 0.3 is 12.0 Å². The van der Waals surface area contributed by atoms with E-state index < -0.39 is 5.97 Å². The number of rotatable bonds is 2. The first-order valence-electron chi connectivity index (χ1n) is 8.17. The van der Waals surface area contributed by atoms with Gasteiger partial charge in [-0.1, -0.05) is 6.07 Å². The molecule has 1 aromatic carbocycles. The molecule has 0 aliphatic carbocycles. The minimum atomic E-state index is -0.397. The number of benzene rings is 1.